The van der Waals surface area contributed by atoms with Crippen LogP contribution in [0.1, 0.15) is 44.1 Å². The van der Waals surface area contributed by atoms with Gasteiger partial charge in [-0.05, 0) is 37.3 Å². The van der Waals surface area contributed by atoms with E-state index in [-0.39, 0.29) is 24.8 Å². The second-order valence-corrected chi connectivity index (χ2v) is 8.25. The number of nitrogens with zero attached hydrogens (tertiary/aromatic N) is 5. The van der Waals surface area contributed by atoms with Gasteiger partial charge >= 0.3 is 0 Å². The Morgan fingerprint density at radius 2 is 2.10 bits per heavy atom. The number of rotatable bonds is 3. The van der Waals surface area contributed by atoms with Crippen LogP contribution in [-0.2, 0) is 4.74 Å². The van der Waals surface area contributed by atoms with Crippen molar-refractivity contribution < 1.29 is 13.5 Å². The average molecular weight is 417 g/mol. The maximum atomic E-state index is 13.8. The Morgan fingerprint density at radius 1 is 1.30 bits per heavy atom. The van der Waals surface area contributed by atoms with E-state index in [9.17, 15) is 8.78 Å². The molecule has 1 aliphatic carbocycles. The lowest BCUT2D eigenvalue weighted by Gasteiger charge is -2.35. The lowest BCUT2D eigenvalue weighted by molar-refractivity contribution is -0.0381. The lowest BCUT2D eigenvalue weighted by atomic mass is 9.81. The number of anilines is 2. The number of nitrogens with one attached hydrogen (secondary N) is 1. The first-order chi connectivity index (χ1) is 14.4. The van der Waals surface area contributed by atoms with Gasteiger partial charge in [-0.1, -0.05) is 0 Å². The van der Waals surface area contributed by atoms with Crippen LogP contribution < -0.4 is 10.6 Å². The molecule has 2 fully saturated rings. The number of aromatic amines is 1. The number of ether oxygens (including phenoxy) is 1. The predicted molar refractivity (Wildman–Crippen MR) is 109 cm³/mol. The average Bonchev–Trinajstić information content (AvgIpc) is 3.36. The third-order valence-corrected chi connectivity index (χ3v) is 6.21. The first-order valence-corrected chi connectivity index (χ1v) is 10.3. The number of nitrogen functional groups attached to an aromatic ring is 1. The van der Waals surface area contributed by atoms with Crippen molar-refractivity contribution in [1.29, 1.82) is 0 Å². The van der Waals surface area contributed by atoms with Crippen molar-refractivity contribution in [3.8, 4) is 5.82 Å². The molecule has 1 atom stereocenters. The molecule has 30 heavy (non-hydrogen) atoms. The number of nitrogens with two attached hydrogens (primary N) is 1. The van der Waals surface area contributed by atoms with Gasteiger partial charge in [-0.15, -0.1) is 5.10 Å². The summed E-state index contributed by atoms with van der Waals surface area (Å²) in [4.78, 5) is 7.10. The highest BCUT2D eigenvalue weighted by Gasteiger charge is 2.37. The van der Waals surface area contributed by atoms with Gasteiger partial charge in [0.2, 0.25) is 5.92 Å². The summed E-state index contributed by atoms with van der Waals surface area (Å²) in [6.07, 6.45) is 2.24. The van der Waals surface area contributed by atoms with Crippen LogP contribution in [0.3, 0.4) is 0 Å². The van der Waals surface area contributed by atoms with E-state index in [0.717, 1.165) is 23.3 Å². The number of H-pyrrole nitrogens is 1. The molecule has 0 spiro atoms. The van der Waals surface area contributed by atoms with Crippen LogP contribution in [0.4, 0.5) is 20.4 Å². The monoisotopic (exact) mass is 417 g/mol. The van der Waals surface area contributed by atoms with Crippen molar-refractivity contribution in [2.75, 3.05) is 30.4 Å². The zero-order valence-electron chi connectivity index (χ0n) is 16.8. The third kappa shape index (κ3) is 3.28. The number of morpholine rings is 1. The largest absolute Gasteiger partial charge is 0.382 e. The topological polar surface area (TPSA) is 97.9 Å². The molecular weight excluding hydrogens is 392 g/mol. The van der Waals surface area contributed by atoms with E-state index in [2.05, 4.69) is 27.1 Å². The number of hydrogen-bond donors (Lipinski definition) is 2. The van der Waals surface area contributed by atoms with Gasteiger partial charge in [0.05, 0.1) is 30.8 Å². The maximum absolute atomic E-state index is 13.8. The van der Waals surface area contributed by atoms with E-state index in [0.29, 0.717) is 43.3 Å². The third-order valence-electron chi connectivity index (χ3n) is 6.21. The number of hydrogen-bond acceptors (Lipinski definition) is 6. The second kappa shape index (κ2) is 7.19. The molecule has 1 saturated heterocycles. The van der Waals surface area contributed by atoms with Crippen molar-refractivity contribution in [2.45, 2.75) is 50.5 Å². The molecule has 1 aliphatic heterocycles. The number of fused-ring (bicyclic) bond motifs is 1. The molecule has 1 saturated carbocycles. The Morgan fingerprint density at radius 3 is 2.80 bits per heavy atom. The van der Waals surface area contributed by atoms with Crippen molar-refractivity contribution in [2.24, 2.45) is 0 Å². The van der Waals surface area contributed by atoms with Crippen LogP contribution in [0.5, 0.6) is 0 Å². The minimum atomic E-state index is -2.59. The van der Waals surface area contributed by atoms with Crippen molar-refractivity contribution >= 4 is 22.7 Å². The first kappa shape index (κ1) is 19.2. The van der Waals surface area contributed by atoms with Gasteiger partial charge in [0, 0.05) is 25.5 Å². The first-order valence-electron chi connectivity index (χ1n) is 10.3. The molecule has 3 aromatic heterocycles. The van der Waals surface area contributed by atoms with E-state index < -0.39 is 5.92 Å². The van der Waals surface area contributed by atoms with Crippen molar-refractivity contribution in [3.05, 3.63) is 23.9 Å². The molecular formula is C20H25F2N7O. The Labute approximate surface area is 172 Å². The zero-order valence-corrected chi connectivity index (χ0v) is 16.8. The Kier molecular flexibility index (Phi) is 4.61. The molecule has 5 rings (SSSR count). The normalized spacial score (nSPS) is 22.6. The van der Waals surface area contributed by atoms with Crippen LogP contribution in [0.25, 0.3) is 16.9 Å². The van der Waals surface area contributed by atoms with Gasteiger partial charge in [0.1, 0.15) is 5.82 Å². The lowest BCUT2D eigenvalue weighted by Crippen LogP contribution is -2.44. The van der Waals surface area contributed by atoms with Gasteiger partial charge < -0.3 is 15.4 Å². The fourth-order valence-electron chi connectivity index (χ4n) is 4.58. The van der Waals surface area contributed by atoms with Gasteiger partial charge in [-0.3, -0.25) is 5.10 Å². The Bertz CT molecular complexity index is 1040. The summed E-state index contributed by atoms with van der Waals surface area (Å²) in [6, 6.07) is 3.97. The van der Waals surface area contributed by atoms with E-state index >= 15 is 0 Å². The summed E-state index contributed by atoms with van der Waals surface area (Å²) in [5.41, 5.74) is 7.87. The summed E-state index contributed by atoms with van der Waals surface area (Å²) in [6.45, 7) is 4.05. The number of halogens is 2. The van der Waals surface area contributed by atoms with Crippen LogP contribution in [0.15, 0.2) is 18.3 Å². The zero-order chi connectivity index (χ0) is 20.9. The molecule has 2 aliphatic rings. The smallest absolute Gasteiger partial charge is 0.248 e. The standard InChI is InChI=1S/C20H25F2N7O/c1-12-11-30-9-8-28(12)16-10-14(13-2-5-20(21,22)6-3-13)17-18(23)27-29(19(17)25-16)15-4-7-24-26-15/h4,7,10,12-13H,2-3,5-6,8-9,11H2,1H3,(H2,23,27)(H,24,26). The molecule has 3 N–H and O–H groups in total. The highest BCUT2D eigenvalue weighted by atomic mass is 19.3. The molecule has 10 heteroatoms. The fourth-order valence-corrected chi connectivity index (χ4v) is 4.58. The fraction of sp³-hybridized carbons (Fsp3) is 0.550. The molecule has 0 aromatic carbocycles. The molecule has 0 bridgehead atoms. The molecule has 1 unspecified atom stereocenters. The highest BCUT2D eigenvalue weighted by molar-refractivity contribution is 5.92. The molecule has 8 nitrogen and oxygen atoms in total. The predicted octanol–water partition coefficient (Wildman–Crippen LogP) is 3.24. The van der Waals surface area contributed by atoms with E-state index in [1.807, 2.05) is 6.07 Å². The molecule has 0 amide bonds. The van der Waals surface area contributed by atoms with Gasteiger partial charge in [0.15, 0.2) is 17.3 Å². The summed E-state index contributed by atoms with van der Waals surface area (Å²) >= 11 is 0. The molecule has 4 heterocycles. The van der Waals surface area contributed by atoms with Crippen LogP contribution in [0, 0.1) is 0 Å². The Hall–Kier alpha value is -2.75. The van der Waals surface area contributed by atoms with Crippen LogP contribution >= 0.6 is 0 Å². The minimum Gasteiger partial charge on any atom is -0.382 e. The quantitative estimate of drug-likeness (QED) is 0.679. The van der Waals surface area contributed by atoms with Gasteiger partial charge in [0.25, 0.3) is 0 Å². The highest BCUT2D eigenvalue weighted by Crippen LogP contribution is 2.44. The van der Waals surface area contributed by atoms with Crippen LogP contribution in [0.2, 0.25) is 0 Å². The summed E-state index contributed by atoms with van der Waals surface area (Å²) in [5, 5.41) is 12.1. The van der Waals surface area contributed by atoms with Gasteiger partial charge in [-0.2, -0.15) is 9.78 Å². The summed E-state index contributed by atoms with van der Waals surface area (Å²) in [5.74, 6) is -0.799. The second-order valence-electron chi connectivity index (χ2n) is 8.25. The van der Waals surface area contributed by atoms with E-state index in [4.69, 9.17) is 15.5 Å². The molecule has 0 radical (unpaired) electrons. The molecule has 160 valence electrons. The number of pyridine rings is 1. The van der Waals surface area contributed by atoms with E-state index in [1.165, 1.54) is 0 Å². The van der Waals surface area contributed by atoms with Crippen molar-refractivity contribution in [1.82, 2.24) is 25.0 Å². The van der Waals surface area contributed by atoms with E-state index in [1.54, 1.807) is 16.9 Å². The Balaban J connectivity index is 1.67. The molecule has 3 aromatic rings. The van der Waals surface area contributed by atoms with Crippen molar-refractivity contribution in [3.63, 3.8) is 0 Å². The summed E-state index contributed by atoms with van der Waals surface area (Å²) in [7, 11) is 0. The summed E-state index contributed by atoms with van der Waals surface area (Å²) < 4.78 is 34.8. The SMILES string of the molecule is CC1COCCN1c1cc(C2CCC(F)(F)CC2)c2c(N)nn(-c3ccn[nH]3)c2n1. The minimum absolute atomic E-state index is 0.00746. The number of aromatic nitrogens is 5. The maximum Gasteiger partial charge on any atom is 0.248 e. The van der Waals surface area contributed by atoms with Crippen LogP contribution in [-0.4, -0.2) is 56.7 Å². The van der Waals surface area contributed by atoms with Gasteiger partial charge in [-0.25, -0.2) is 13.8 Å². The number of alkyl halides is 2.